The minimum atomic E-state index is 0.198. The first-order valence-electron chi connectivity index (χ1n) is 19.8. The lowest BCUT2D eigenvalue weighted by Crippen LogP contribution is -2.28. The maximum Gasteiger partial charge on any atom is 0.0629 e. The molecule has 0 N–H and O–H groups in total. The van der Waals surface area contributed by atoms with Crippen LogP contribution in [0.15, 0.2) is 212 Å². The second-order valence-electron chi connectivity index (χ2n) is 15.3. The number of anilines is 2. The standard InChI is InChI=1S/C54H37N3/c1-2-16-36(17-3-1)37-30-38(32-40(31-37)55-49-24-10-4-18-43(49)44-19-5-11-25-50(44)55)39-33-41(56-51-26-12-6-20-45(51)46-21-7-13-27-52(46)56)35-42(34-39)57-53-28-14-8-22-47(53)48-23-9-15-29-54(48)57/h1-35,43,49H. The minimum Gasteiger partial charge on any atom is -0.333 e. The van der Waals surface area contributed by atoms with Gasteiger partial charge in [-0.05, 0) is 94.5 Å². The molecule has 57 heavy (non-hydrogen) atoms. The summed E-state index contributed by atoms with van der Waals surface area (Å²) in [5, 5.41) is 5.01. The van der Waals surface area contributed by atoms with E-state index in [0.717, 1.165) is 16.9 Å². The van der Waals surface area contributed by atoms with Crippen molar-refractivity contribution in [2.45, 2.75) is 12.0 Å². The second kappa shape index (κ2) is 12.6. The molecule has 268 valence electrons. The maximum atomic E-state index is 2.56. The first kappa shape index (κ1) is 31.9. The van der Waals surface area contributed by atoms with Gasteiger partial charge in [0.15, 0.2) is 0 Å². The Morgan fingerprint density at radius 3 is 1.35 bits per heavy atom. The van der Waals surface area contributed by atoms with Crippen molar-refractivity contribution in [2.75, 3.05) is 4.90 Å². The zero-order valence-electron chi connectivity index (χ0n) is 31.2. The van der Waals surface area contributed by atoms with Crippen molar-refractivity contribution in [2.24, 2.45) is 0 Å². The molecule has 2 aliphatic rings. The first-order chi connectivity index (χ1) is 28.3. The van der Waals surface area contributed by atoms with Crippen LogP contribution in [0.1, 0.15) is 11.5 Å². The summed E-state index contributed by atoms with van der Waals surface area (Å²) in [7, 11) is 0. The highest BCUT2D eigenvalue weighted by molar-refractivity contribution is 6.10. The summed E-state index contributed by atoms with van der Waals surface area (Å²) in [6.07, 6.45) is 9.13. The smallest absolute Gasteiger partial charge is 0.0629 e. The van der Waals surface area contributed by atoms with Crippen molar-refractivity contribution in [3.63, 3.8) is 0 Å². The van der Waals surface area contributed by atoms with Crippen molar-refractivity contribution in [1.29, 1.82) is 0 Å². The van der Waals surface area contributed by atoms with Gasteiger partial charge < -0.3 is 14.0 Å². The molecule has 2 aromatic heterocycles. The fraction of sp³-hybridized carbons (Fsp3) is 0.0370. The molecule has 0 bridgehead atoms. The molecule has 2 unspecified atom stereocenters. The highest BCUT2D eigenvalue weighted by Crippen LogP contribution is 2.49. The van der Waals surface area contributed by atoms with Gasteiger partial charge in [0.25, 0.3) is 0 Å². The van der Waals surface area contributed by atoms with E-state index in [-0.39, 0.29) is 6.04 Å². The van der Waals surface area contributed by atoms with Gasteiger partial charge in [0.05, 0.1) is 28.1 Å². The molecule has 0 fully saturated rings. The third-order valence-electron chi connectivity index (χ3n) is 12.2. The topological polar surface area (TPSA) is 13.1 Å². The molecule has 0 amide bonds. The molecule has 3 nitrogen and oxygen atoms in total. The predicted octanol–water partition coefficient (Wildman–Crippen LogP) is 13.9. The highest BCUT2D eigenvalue weighted by atomic mass is 15.2. The van der Waals surface area contributed by atoms with Crippen LogP contribution >= 0.6 is 0 Å². The van der Waals surface area contributed by atoms with Crippen LogP contribution in [0.25, 0.3) is 77.2 Å². The molecule has 10 aromatic rings. The molecule has 0 radical (unpaired) electrons. The number of benzene rings is 8. The highest BCUT2D eigenvalue weighted by Gasteiger charge is 2.37. The van der Waals surface area contributed by atoms with E-state index in [4.69, 9.17) is 0 Å². The van der Waals surface area contributed by atoms with Gasteiger partial charge >= 0.3 is 0 Å². The van der Waals surface area contributed by atoms with Crippen molar-refractivity contribution in [1.82, 2.24) is 9.13 Å². The summed E-state index contributed by atoms with van der Waals surface area (Å²) in [4.78, 5) is 2.56. The van der Waals surface area contributed by atoms with Crippen LogP contribution in [-0.2, 0) is 0 Å². The Balaban J connectivity index is 1.16. The van der Waals surface area contributed by atoms with Gasteiger partial charge in [0, 0.05) is 50.2 Å². The summed E-state index contributed by atoms with van der Waals surface area (Å²) < 4.78 is 4.90. The van der Waals surface area contributed by atoms with Crippen LogP contribution in [0.4, 0.5) is 11.4 Å². The molecule has 0 spiro atoms. The van der Waals surface area contributed by atoms with E-state index in [0.29, 0.717) is 5.92 Å². The minimum absolute atomic E-state index is 0.198. The van der Waals surface area contributed by atoms with Crippen molar-refractivity contribution < 1.29 is 0 Å². The molecular formula is C54H37N3. The molecule has 0 saturated carbocycles. The van der Waals surface area contributed by atoms with E-state index in [1.165, 1.54) is 77.2 Å². The van der Waals surface area contributed by atoms with Crippen LogP contribution in [-0.4, -0.2) is 15.2 Å². The van der Waals surface area contributed by atoms with Gasteiger partial charge in [-0.1, -0.05) is 146 Å². The number of nitrogens with zero attached hydrogens (tertiary/aromatic N) is 3. The lowest BCUT2D eigenvalue weighted by atomic mass is 9.91. The fourth-order valence-corrected chi connectivity index (χ4v) is 9.73. The van der Waals surface area contributed by atoms with E-state index in [1.54, 1.807) is 0 Å². The predicted molar refractivity (Wildman–Crippen MR) is 239 cm³/mol. The van der Waals surface area contributed by atoms with Gasteiger partial charge in [0.1, 0.15) is 0 Å². The molecule has 3 heterocycles. The van der Waals surface area contributed by atoms with E-state index in [9.17, 15) is 0 Å². The normalized spacial score (nSPS) is 15.9. The Labute approximate surface area is 331 Å². The third kappa shape index (κ3) is 4.92. The van der Waals surface area contributed by atoms with Gasteiger partial charge in [-0.15, -0.1) is 0 Å². The number of rotatable bonds is 5. The van der Waals surface area contributed by atoms with Gasteiger partial charge in [-0.2, -0.15) is 0 Å². The SMILES string of the molecule is C1=CC2c3ccccc3N(c3cc(-c4ccccc4)cc(-c4cc(-n5c6ccccc6c6ccccc65)cc(-n5c6ccccc6c6ccccc65)c4)c3)C2C=C1. The summed E-state index contributed by atoms with van der Waals surface area (Å²) in [6, 6.07) is 69.5. The average molecular weight is 728 g/mol. The molecule has 3 heteroatoms. The third-order valence-corrected chi connectivity index (χ3v) is 12.2. The largest absolute Gasteiger partial charge is 0.333 e. The van der Waals surface area contributed by atoms with E-state index < -0.39 is 0 Å². The number of para-hydroxylation sites is 5. The summed E-state index contributed by atoms with van der Waals surface area (Å²) in [5.41, 5.74) is 15.6. The fourth-order valence-electron chi connectivity index (χ4n) is 9.73. The lowest BCUT2D eigenvalue weighted by molar-refractivity contribution is 0.745. The first-order valence-corrected chi connectivity index (χ1v) is 19.8. The summed E-state index contributed by atoms with van der Waals surface area (Å²) >= 11 is 0. The molecule has 2 atom stereocenters. The van der Waals surface area contributed by atoms with Gasteiger partial charge in [0.2, 0.25) is 0 Å². The Kier molecular flexibility index (Phi) is 7.05. The van der Waals surface area contributed by atoms with Gasteiger partial charge in [-0.25, -0.2) is 0 Å². The van der Waals surface area contributed by atoms with Crippen molar-refractivity contribution in [3.05, 3.63) is 218 Å². The second-order valence-corrected chi connectivity index (χ2v) is 15.3. The molecule has 1 aliphatic heterocycles. The quantitative estimate of drug-likeness (QED) is 0.172. The van der Waals surface area contributed by atoms with Crippen LogP contribution in [0.3, 0.4) is 0 Å². The molecule has 1 aliphatic carbocycles. The van der Waals surface area contributed by atoms with Crippen LogP contribution < -0.4 is 4.90 Å². The molecule has 8 aromatic carbocycles. The summed E-state index contributed by atoms with van der Waals surface area (Å²) in [5.74, 6) is 0.301. The number of hydrogen-bond donors (Lipinski definition) is 0. The molecule has 12 rings (SSSR count). The Bertz CT molecular complexity index is 3030. The van der Waals surface area contributed by atoms with Crippen molar-refractivity contribution >= 4 is 55.0 Å². The Morgan fingerprint density at radius 1 is 0.333 bits per heavy atom. The van der Waals surface area contributed by atoms with Crippen molar-refractivity contribution in [3.8, 4) is 33.6 Å². The number of allylic oxidation sites excluding steroid dienone is 2. The maximum absolute atomic E-state index is 2.56. The average Bonchev–Trinajstić information content (AvgIpc) is 3.92. The van der Waals surface area contributed by atoms with Crippen LogP contribution in [0.2, 0.25) is 0 Å². The van der Waals surface area contributed by atoms with E-state index in [2.05, 4.69) is 226 Å². The Hall–Kier alpha value is -7.36. The monoisotopic (exact) mass is 727 g/mol. The number of aromatic nitrogens is 2. The Morgan fingerprint density at radius 2 is 0.772 bits per heavy atom. The summed E-state index contributed by atoms with van der Waals surface area (Å²) in [6.45, 7) is 0. The van der Waals surface area contributed by atoms with Crippen LogP contribution in [0.5, 0.6) is 0 Å². The number of hydrogen-bond acceptors (Lipinski definition) is 1. The zero-order valence-corrected chi connectivity index (χ0v) is 31.2. The molecular weight excluding hydrogens is 691 g/mol. The zero-order chi connectivity index (χ0) is 37.5. The van der Waals surface area contributed by atoms with Gasteiger partial charge in [-0.3, -0.25) is 0 Å². The van der Waals surface area contributed by atoms with E-state index in [1.807, 2.05) is 0 Å². The lowest BCUT2D eigenvalue weighted by Gasteiger charge is -2.29. The van der Waals surface area contributed by atoms with E-state index >= 15 is 0 Å². The number of fused-ring (bicyclic) bond motifs is 9. The van der Waals surface area contributed by atoms with Crippen LogP contribution in [0, 0.1) is 0 Å². The molecule has 0 saturated heterocycles.